The van der Waals surface area contributed by atoms with E-state index in [4.69, 9.17) is 9.47 Å². The third-order valence-corrected chi connectivity index (χ3v) is 6.03. The van der Waals surface area contributed by atoms with Crippen molar-refractivity contribution >= 4 is 11.6 Å². The second-order valence-electron chi connectivity index (χ2n) is 7.95. The number of methoxy groups -OCH3 is 1. The van der Waals surface area contributed by atoms with E-state index in [1.165, 1.54) is 5.56 Å². The molecule has 0 spiro atoms. The number of carbonyl (C=O) groups excluding carboxylic acids is 1. The molecule has 0 aromatic heterocycles. The first-order chi connectivity index (χ1) is 14.7. The lowest BCUT2D eigenvalue weighted by Gasteiger charge is -2.39. The molecule has 4 rings (SSSR count). The van der Waals surface area contributed by atoms with E-state index >= 15 is 0 Å². The molecule has 2 heterocycles. The molecule has 158 valence electrons. The van der Waals surface area contributed by atoms with Gasteiger partial charge in [0.05, 0.1) is 13.4 Å². The molecule has 2 aliphatic rings. The Morgan fingerprint density at radius 1 is 1.10 bits per heavy atom. The molecule has 1 atom stereocenters. The van der Waals surface area contributed by atoms with Crippen molar-refractivity contribution in [1.82, 2.24) is 4.90 Å². The van der Waals surface area contributed by atoms with Gasteiger partial charge in [0.2, 0.25) is 0 Å². The molecule has 1 fully saturated rings. The number of likely N-dealkylation sites (tertiary alicyclic amines) is 1. The number of rotatable bonds is 7. The molecular weight excluding hydrogens is 376 g/mol. The van der Waals surface area contributed by atoms with E-state index in [1.54, 1.807) is 13.4 Å². The molecule has 0 radical (unpaired) electrons. The maximum atomic E-state index is 13.2. The number of carbonyl (C=O) groups is 1. The smallest absolute Gasteiger partial charge is 0.268 e. The van der Waals surface area contributed by atoms with Gasteiger partial charge in [-0.05, 0) is 55.2 Å². The predicted octanol–water partition coefficient (Wildman–Crippen LogP) is 4.04. The van der Waals surface area contributed by atoms with Crippen molar-refractivity contribution in [2.75, 3.05) is 31.6 Å². The molecule has 2 aromatic carbocycles. The first-order valence-electron chi connectivity index (χ1n) is 10.8. The van der Waals surface area contributed by atoms with Crippen LogP contribution in [0.3, 0.4) is 0 Å². The second-order valence-corrected chi connectivity index (χ2v) is 7.95. The molecule has 1 saturated heterocycles. The van der Waals surface area contributed by atoms with E-state index in [0.29, 0.717) is 6.42 Å². The number of hydrogen-bond donors (Lipinski definition) is 0. The highest BCUT2D eigenvalue weighted by Crippen LogP contribution is 2.27. The Morgan fingerprint density at radius 3 is 2.47 bits per heavy atom. The van der Waals surface area contributed by atoms with Crippen LogP contribution in [0.2, 0.25) is 0 Å². The van der Waals surface area contributed by atoms with Crippen LogP contribution in [0.5, 0.6) is 5.75 Å². The van der Waals surface area contributed by atoms with Crippen molar-refractivity contribution in [3.05, 3.63) is 72.5 Å². The fourth-order valence-electron chi connectivity index (χ4n) is 4.29. The van der Waals surface area contributed by atoms with Gasteiger partial charge in [0.1, 0.15) is 5.75 Å². The molecule has 1 unspecified atom stereocenters. The van der Waals surface area contributed by atoms with Crippen LogP contribution in [0.25, 0.3) is 0 Å². The van der Waals surface area contributed by atoms with Gasteiger partial charge in [0.25, 0.3) is 5.91 Å². The van der Waals surface area contributed by atoms with Gasteiger partial charge in [-0.2, -0.15) is 0 Å². The number of nitrogens with zero attached hydrogens (tertiary/aromatic N) is 2. The average Bonchev–Trinajstić information content (AvgIpc) is 3.35. The lowest BCUT2D eigenvalue weighted by molar-refractivity contribution is -0.126. The normalized spacial score (nSPS) is 19.4. The lowest BCUT2D eigenvalue weighted by Crippen LogP contribution is -2.50. The molecule has 5 heteroatoms. The summed E-state index contributed by atoms with van der Waals surface area (Å²) in [6, 6.07) is 18.5. The van der Waals surface area contributed by atoms with Gasteiger partial charge >= 0.3 is 0 Å². The number of piperidine rings is 1. The van der Waals surface area contributed by atoms with Crippen LogP contribution in [0, 0.1) is 0 Å². The summed E-state index contributed by atoms with van der Waals surface area (Å²) in [6.07, 6.45) is 6.81. The average molecular weight is 407 g/mol. The second kappa shape index (κ2) is 9.81. The molecular formula is C25H30N2O3. The molecule has 2 aliphatic heterocycles. The molecule has 0 aliphatic carbocycles. The van der Waals surface area contributed by atoms with E-state index in [-0.39, 0.29) is 11.9 Å². The first-order valence-corrected chi connectivity index (χ1v) is 10.8. The summed E-state index contributed by atoms with van der Waals surface area (Å²) >= 11 is 0. The predicted molar refractivity (Wildman–Crippen MR) is 119 cm³/mol. The molecule has 2 aromatic rings. The molecule has 0 saturated carbocycles. The van der Waals surface area contributed by atoms with Crippen LogP contribution in [0.4, 0.5) is 5.69 Å². The summed E-state index contributed by atoms with van der Waals surface area (Å²) in [4.78, 5) is 17.7. The van der Waals surface area contributed by atoms with Crippen LogP contribution < -0.4 is 9.64 Å². The van der Waals surface area contributed by atoms with Crippen LogP contribution >= 0.6 is 0 Å². The van der Waals surface area contributed by atoms with Crippen molar-refractivity contribution < 1.29 is 14.3 Å². The Hall–Kier alpha value is -2.79. The van der Waals surface area contributed by atoms with E-state index < -0.39 is 6.10 Å². The van der Waals surface area contributed by atoms with Gasteiger partial charge in [0.15, 0.2) is 6.10 Å². The summed E-state index contributed by atoms with van der Waals surface area (Å²) in [5.41, 5.74) is 2.29. The van der Waals surface area contributed by atoms with Crippen LogP contribution in [-0.2, 0) is 16.0 Å². The van der Waals surface area contributed by atoms with Gasteiger partial charge in [-0.1, -0.05) is 30.3 Å². The number of benzene rings is 2. The van der Waals surface area contributed by atoms with Crippen molar-refractivity contribution in [2.24, 2.45) is 0 Å². The summed E-state index contributed by atoms with van der Waals surface area (Å²) in [5.74, 6) is 0.967. The van der Waals surface area contributed by atoms with E-state index in [1.807, 2.05) is 53.4 Å². The van der Waals surface area contributed by atoms with Gasteiger partial charge in [-0.3, -0.25) is 4.79 Å². The van der Waals surface area contributed by atoms with E-state index in [2.05, 4.69) is 17.0 Å². The Kier molecular flexibility index (Phi) is 6.70. The van der Waals surface area contributed by atoms with Crippen LogP contribution in [0.1, 0.15) is 24.8 Å². The quantitative estimate of drug-likeness (QED) is 0.696. The maximum Gasteiger partial charge on any atom is 0.268 e. The van der Waals surface area contributed by atoms with Crippen LogP contribution in [-0.4, -0.2) is 49.7 Å². The minimum atomic E-state index is -0.390. The monoisotopic (exact) mass is 406 g/mol. The number of ether oxygens (including phenoxy) is 2. The highest BCUT2D eigenvalue weighted by atomic mass is 16.5. The maximum absolute atomic E-state index is 13.2. The topological polar surface area (TPSA) is 42.0 Å². The van der Waals surface area contributed by atoms with E-state index in [0.717, 1.165) is 50.3 Å². The van der Waals surface area contributed by atoms with Gasteiger partial charge in [0, 0.05) is 37.8 Å². The molecule has 0 bridgehead atoms. The van der Waals surface area contributed by atoms with Crippen molar-refractivity contribution in [3.63, 3.8) is 0 Å². The SMILES string of the molecule is COc1ccc(CCN2CCC(N(C(=O)C3CC=CO3)c3ccccc3)CC2)cc1. The minimum Gasteiger partial charge on any atom is -0.497 e. The van der Waals surface area contributed by atoms with E-state index in [9.17, 15) is 4.79 Å². The minimum absolute atomic E-state index is 0.0721. The highest BCUT2D eigenvalue weighted by molar-refractivity contribution is 5.97. The zero-order valence-corrected chi connectivity index (χ0v) is 17.6. The Morgan fingerprint density at radius 2 is 1.83 bits per heavy atom. The summed E-state index contributed by atoms with van der Waals surface area (Å²) < 4.78 is 10.8. The number of para-hydroxylation sites is 1. The fraction of sp³-hybridized carbons (Fsp3) is 0.400. The Labute approximate surface area is 178 Å². The first kappa shape index (κ1) is 20.5. The van der Waals surface area contributed by atoms with Crippen LogP contribution in [0.15, 0.2) is 66.9 Å². The summed E-state index contributed by atoms with van der Waals surface area (Å²) in [7, 11) is 1.69. The standard InChI is InChI=1S/C25H30N2O3/c1-29-23-11-9-20(10-12-23)13-16-26-17-14-22(15-18-26)27(21-6-3-2-4-7-21)25(28)24-8-5-19-30-24/h2-7,9-12,19,22,24H,8,13-18H2,1H3. The molecule has 30 heavy (non-hydrogen) atoms. The Bertz CT molecular complexity index is 834. The summed E-state index contributed by atoms with van der Waals surface area (Å²) in [5, 5.41) is 0. The zero-order valence-electron chi connectivity index (χ0n) is 17.6. The summed E-state index contributed by atoms with van der Waals surface area (Å²) in [6.45, 7) is 3.04. The number of amides is 1. The van der Waals surface area contributed by atoms with Crippen molar-refractivity contribution in [3.8, 4) is 5.75 Å². The lowest BCUT2D eigenvalue weighted by atomic mass is 10.00. The molecule has 0 N–H and O–H groups in total. The van der Waals surface area contributed by atoms with Gasteiger partial charge < -0.3 is 19.3 Å². The fourth-order valence-corrected chi connectivity index (χ4v) is 4.29. The Balaban J connectivity index is 1.35. The highest BCUT2D eigenvalue weighted by Gasteiger charge is 2.34. The van der Waals surface area contributed by atoms with Crippen molar-refractivity contribution in [1.29, 1.82) is 0 Å². The molecule has 5 nitrogen and oxygen atoms in total. The van der Waals surface area contributed by atoms with Gasteiger partial charge in [-0.15, -0.1) is 0 Å². The number of anilines is 1. The molecule has 1 amide bonds. The third kappa shape index (κ3) is 4.85. The van der Waals surface area contributed by atoms with Crippen molar-refractivity contribution in [2.45, 2.75) is 37.8 Å². The zero-order chi connectivity index (χ0) is 20.8. The largest absolute Gasteiger partial charge is 0.497 e. The van der Waals surface area contributed by atoms with Gasteiger partial charge in [-0.25, -0.2) is 0 Å². The number of hydrogen-bond acceptors (Lipinski definition) is 4. The third-order valence-electron chi connectivity index (χ3n) is 6.03.